The second-order valence-corrected chi connectivity index (χ2v) is 7.35. The Labute approximate surface area is 126 Å². The first-order chi connectivity index (χ1) is 10.00. The lowest BCUT2D eigenvalue weighted by Crippen LogP contribution is -2.41. The number of benzene rings is 1. The molecular weight excluding hydrogens is 288 g/mol. The van der Waals surface area contributed by atoms with E-state index in [0.29, 0.717) is 13.1 Å². The lowest BCUT2D eigenvalue weighted by atomic mass is 10.2. The molecule has 0 aromatic heterocycles. The summed E-state index contributed by atoms with van der Waals surface area (Å²) < 4.78 is 26.6. The Balaban J connectivity index is 2.21. The zero-order valence-electron chi connectivity index (χ0n) is 12.3. The topological polar surface area (TPSA) is 66.5 Å². The van der Waals surface area contributed by atoms with Gasteiger partial charge in [0, 0.05) is 13.1 Å². The number of hydrogen-bond acceptors (Lipinski definition) is 3. The molecule has 0 aliphatic carbocycles. The van der Waals surface area contributed by atoms with Crippen molar-refractivity contribution >= 4 is 15.9 Å². The first-order valence-electron chi connectivity index (χ1n) is 7.34. The van der Waals surface area contributed by atoms with E-state index >= 15 is 0 Å². The molecule has 1 heterocycles. The summed E-state index contributed by atoms with van der Waals surface area (Å²) >= 11 is 0. The molecule has 1 fully saturated rings. The zero-order chi connectivity index (χ0) is 15.3. The number of rotatable bonds is 2. The van der Waals surface area contributed by atoms with Gasteiger partial charge in [-0.05, 0) is 31.9 Å². The van der Waals surface area contributed by atoms with Crippen molar-refractivity contribution in [2.45, 2.75) is 37.5 Å². The number of nitrogens with one attached hydrogen (secondary N) is 1. The minimum Gasteiger partial charge on any atom is -0.355 e. The Kier molecular flexibility index (Phi) is 5.36. The Morgan fingerprint density at radius 3 is 2.43 bits per heavy atom. The number of carbonyl (C=O) groups is 1. The minimum atomic E-state index is -3.61. The predicted molar refractivity (Wildman–Crippen MR) is 81.4 cm³/mol. The molecule has 1 aromatic carbocycles. The summed E-state index contributed by atoms with van der Waals surface area (Å²) in [6.45, 7) is 2.82. The van der Waals surface area contributed by atoms with Crippen LogP contribution in [-0.2, 0) is 14.8 Å². The van der Waals surface area contributed by atoms with Gasteiger partial charge in [-0.15, -0.1) is 0 Å². The van der Waals surface area contributed by atoms with Crippen molar-refractivity contribution in [3.8, 4) is 0 Å². The quantitative estimate of drug-likeness (QED) is 0.903. The molecular formula is C15H22N2O3S. The third-order valence-corrected chi connectivity index (χ3v) is 5.49. The summed E-state index contributed by atoms with van der Waals surface area (Å²) in [4.78, 5) is 12.1. The molecule has 0 spiro atoms. The molecule has 1 saturated heterocycles. The molecule has 1 amide bonds. The highest BCUT2D eigenvalue weighted by Gasteiger charge is 2.26. The van der Waals surface area contributed by atoms with Crippen LogP contribution in [0.3, 0.4) is 0 Å². The highest BCUT2D eigenvalue weighted by Crippen LogP contribution is 2.17. The summed E-state index contributed by atoms with van der Waals surface area (Å²) in [6, 6.07) is 6.74. The highest BCUT2D eigenvalue weighted by molar-refractivity contribution is 7.89. The Morgan fingerprint density at radius 1 is 1.05 bits per heavy atom. The van der Waals surface area contributed by atoms with Crippen LogP contribution in [-0.4, -0.2) is 38.3 Å². The predicted octanol–water partition coefficient (Wildman–Crippen LogP) is 1.68. The molecule has 116 valence electrons. The van der Waals surface area contributed by atoms with Gasteiger partial charge in [-0.2, -0.15) is 4.31 Å². The van der Waals surface area contributed by atoms with E-state index in [2.05, 4.69) is 5.32 Å². The van der Waals surface area contributed by atoms with Crippen molar-refractivity contribution < 1.29 is 13.2 Å². The molecule has 5 nitrogen and oxygen atoms in total. The normalized spacial score (nSPS) is 19.0. The average molecular weight is 310 g/mol. The van der Waals surface area contributed by atoms with Crippen LogP contribution in [0.5, 0.6) is 0 Å². The third-order valence-electron chi connectivity index (χ3n) is 3.64. The smallest absolute Gasteiger partial charge is 0.243 e. The molecule has 0 unspecified atom stereocenters. The Bertz CT molecular complexity index is 581. The largest absolute Gasteiger partial charge is 0.355 e. The van der Waals surface area contributed by atoms with Gasteiger partial charge in [-0.1, -0.05) is 30.5 Å². The van der Waals surface area contributed by atoms with Crippen molar-refractivity contribution in [3.63, 3.8) is 0 Å². The Hall–Kier alpha value is -1.40. The molecule has 1 N–H and O–H groups in total. The molecule has 21 heavy (non-hydrogen) atoms. The van der Waals surface area contributed by atoms with Crippen LogP contribution in [0.15, 0.2) is 29.2 Å². The molecule has 1 aliphatic heterocycles. The first kappa shape index (κ1) is 16.0. The molecule has 2 rings (SSSR count). The van der Waals surface area contributed by atoms with E-state index < -0.39 is 10.0 Å². The summed E-state index contributed by atoms with van der Waals surface area (Å²) in [5.41, 5.74) is 1.01. The fourth-order valence-corrected chi connectivity index (χ4v) is 3.79. The van der Waals surface area contributed by atoms with Crippen molar-refractivity contribution in [2.75, 3.05) is 19.6 Å². The fourth-order valence-electron chi connectivity index (χ4n) is 2.35. The number of nitrogens with zero attached hydrogens (tertiary/aromatic N) is 1. The first-order valence-corrected chi connectivity index (χ1v) is 8.78. The minimum absolute atomic E-state index is 0.101. The van der Waals surface area contributed by atoms with E-state index in [4.69, 9.17) is 0 Å². The molecule has 0 bridgehead atoms. The number of sulfonamides is 1. The highest BCUT2D eigenvalue weighted by atomic mass is 32.2. The van der Waals surface area contributed by atoms with Crippen LogP contribution < -0.4 is 5.32 Å². The third kappa shape index (κ3) is 4.28. The van der Waals surface area contributed by atoms with Crippen molar-refractivity contribution in [2.24, 2.45) is 0 Å². The average Bonchev–Trinajstić information content (AvgIpc) is 2.46. The van der Waals surface area contributed by atoms with Crippen LogP contribution in [0.2, 0.25) is 0 Å². The number of carbonyl (C=O) groups excluding carboxylic acids is 1. The van der Waals surface area contributed by atoms with Crippen LogP contribution in [0.25, 0.3) is 0 Å². The molecule has 0 saturated carbocycles. The standard InChI is InChI=1S/C15H22N2O3S/c1-13-6-8-14(9-7-13)21(19,20)17-11-5-3-2-4-10-16-15(18)12-17/h6-9H,2-5,10-12H2,1H3,(H,16,18). The summed E-state index contributed by atoms with van der Waals surface area (Å²) in [7, 11) is -3.61. The van der Waals surface area contributed by atoms with E-state index in [0.717, 1.165) is 31.2 Å². The lowest BCUT2D eigenvalue weighted by molar-refractivity contribution is -0.121. The van der Waals surface area contributed by atoms with Gasteiger partial charge in [0.25, 0.3) is 0 Å². The van der Waals surface area contributed by atoms with E-state index in [9.17, 15) is 13.2 Å². The van der Waals surface area contributed by atoms with E-state index in [1.165, 1.54) is 4.31 Å². The van der Waals surface area contributed by atoms with Crippen molar-refractivity contribution in [1.29, 1.82) is 0 Å². The summed E-state index contributed by atoms with van der Waals surface area (Å²) in [5.74, 6) is -0.229. The monoisotopic (exact) mass is 310 g/mol. The molecule has 6 heteroatoms. The number of hydrogen-bond donors (Lipinski definition) is 1. The van der Waals surface area contributed by atoms with Crippen LogP contribution in [0, 0.1) is 6.92 Å². The van der Waals surface area contributed by atoms with E-state index in [1.807, 2.05) is 6.92 Å². The van der Waals surface area contributed by atoms with Gasteiger partial charge in [0.05, 0.1) is 11.4 Å². The van der Waals surface area contributed by atoms with Crippen molar-refractivity contribution in [1.82, 2.24) is 9.62 Å². The molecule has 0 atom stereocenters. The van der Waals surface area contributed by atoms with Gasteiger partial charge in [-0.3, -0.25) is 4.79 Å². The van der Waals surface area contributed by atoms with Gasteiger partial charge in [0.15, 0.2) is 0 Å². The van der Waals surface area contributed by atoms with Crippen molar-refractivity contribution in [3.05, 3.63) is 29.8 Å². The molecule has 1 aliphatic rings. The maximum absolute atomic E-state index is 12.7. The van der Waals surface area contributed by atoms with Crippen LogP contribution in [0.4, 0.5) is 0 Å². The summed E-state index contributed by atoms with van der Waals surface area (Å²) in [6.07, 6.45) is 3.74. The van der Waals surface area contributed by atoms with Gasteiger partial charge in [0.2, 0.25) is 15.9 Å². The van der Waals surface area contributed by atoms with Crippen LogP contribution in [0.1, 0.15) is 31.2 Å². The van der Waals surface area contributed by atoms with E-state index in [1.54, 1.807) is 24.3 Å². The Morgan fingerprint density at radius 2 is 1.71 bits per heavy atom. The van der Waals surface area contributed by atoms with Gasteiger partial charge >= 0.3 is 0 Å². The number of amides is 1. The van der Waals surface area contributed by atoms with Gasteiger partial charge < -0.3 is 5.32 Å². The molecule has 0 radical (unpaired) electrons. The SMILES string of the molecule is Cc1ccc(S(=O)(=O)N2CCCCCCNC(=O)C2)cc1. The second kappa shape index (κ2) is 7.04. The number of aryl methyl sites for hydroxylation is 1. The van der Waals surface area contributed by atoms with Crippen LogP contribution >= 0.6 is 0 Å². The maximum atomic E-state index is 12.7. The zero-order valence-corrected chi connectivity index (χ0v) is 13.2. The summed E-state index contributed by atoms with van der Waals surface area (Å²) in [5, 5.41) is 2.77. The molecule has 1 aromatic rings. The second-order valence-electron chi connectivity index (χ2n) is 5.42. The fraction of sp³-hybridized carbons (Fsp3) is 0.533. The van der Waals surface area contributed by atoms with Gasteiger partial charge in [-0.25, -0.2) is 8.42 Å². The van der Waals surface area contributed by atoms with Gasteiger partial charge in [0.1, 0.15) is 0 Å². The van der Waals surface area contributed by atoms with E-state index in [-0.39, 0.29) is 17.3 Å². The maximum Gasteiger partial charge on any atom is 0.243 e. The lowest BCUT2D eigenvalue weighted by Gasteiger charge is -2.23.